The summed E-state index contributed by atoms with van der Waals surface area (Å²) < 4.78 is 5.56. The van der Waals surface area contributed by atoms with E-state index in [2.05, 4.69) is 0 Å². The van der Waals surface area contributed by atoms with Gasteiger partial charge in [0.05, 0.1) is 12.7 Å². The summed E-state index contributed by atoms with van der Waals surface area (Å²) in [6.07, 6.45) is 2.18. The lowest BCUT2D eigenvalue weighted by atomic mass is 10.1. The molecule has 0 aromatic heterocycles. The predicted octanol–water partition coefficient (Wildman–Crippen LogP) is 0.609. The van der Waals surface area contributed by atoms with E-state index in [0.717, 1.165) is 25.9 Å². The van der Waals surface area contributed by atoms with Crippen molar-refractivity contribution in [3.8, 4) is 0 Å². The normalized spacial score (nSPS) is 18.5. The Balaban J connectivity index is 2.26. The summed E-state index contributed by atoms with van der Waals surface area (Å²) >= 11 is 0. The van der Waals surface area contributed by atoms with Gasteiger partial charge in [-0.25, -0.2) is 0 Å². The van der Waals surface area contributed by atoms with Gasteiger partial charge in [-0.1, -0.05) is 13.8 Å². The van der Waals surface area contributed by atoms with Crippen molar-refractivity contribution in [1.82, 2.24) is 4.90 Å². The summed E-state index contributed by atoms with van der Waals surface area (Å²) in [4.78, 5) is 13.6. The second kappa shape index (κ2) is 6.08. The summed E-state index contributed by atoms with van der Waals surface area (Å²) in [6.45, 7) is 6.74. The molecule has 0 atom stereocenters. The number of hydrogen-bond acceptors (Lipinski definition) is 3. The minimum absolute atomic E-state index is 0.103. The Morgan fingerprint density at radius 2 is 2.07 bits per heavy atom. The zero-order valence-electron chi connectivity index (χ0n) is 9.74. The Hall–Kier alpha value is -0.610. The molecular weight excluding hydrogens is 192 g/mol. The number of rotatable bonds is 4. The van der Waals surface area contributed by atoms with Crippen LogP contribution in [0.25, 0.3) is 0 Å². The topological polar surface area (TPSA) is 55.6 Å². The largest absolute Gasteiger partial charge is 0.377 e. The molecule has 4 nitrogen and oxygen atoms in total. The SMILES string of the molecule is CC(C)C(=O)N1CCC(OCCN)CC1. The fourth-order valence-corrected chi connectivity index (χ4v) is 1.84. The number of piperidine rings is 1. The van der Waals surface area contributed by atoms with Gasteiger partial charge in [-0.05, 0) is 12.8 Å². The number of hydrogen-bond donors (Lipinski definition) is 1. The molecule has 0 bridgehead atoms. The van der Waals surface area contributed by atoms with Crippen LogP contribution in [0.5, 0.6) is 0 Å². The fraction of sp³-hybridized carbons (Fsp3) is 0.909. The first-order chi connectivity index (χ1) is 7.15. The molecule has 0 aliphatic carbocycles. The highest BCUT2D eigenvalue weighted by molar-refractivity contribution is 5.78. The lowest BCUT2D eigenvalue weighted by molar-refractivity contribution is -0.137. The zero-order chi connectivity index (χ0) is 11.3. The molecule has 1 aliphatic heterocycles. The van der Waals surface area contributed by atoms with Crippen molar-refractivity contribution in [2.75, 3.05) is 26.2 Å². The highest BCUT2D eigenvalue weighted by Crippen LogP contribution is 2.15. The molecular formula is C11H22N2O2. The van der Waals surface area contributed by atoms with Gasteiger partial charge in [-0.2, -0.15) is 0 Å². The van der Waals surface area contributed by atoms with Gasteiger partial charge in [0.25, 0.3) is 0 Å². The maximum absolute atomic E-state index is 11.7. The molecule has 1 rings (SSSR count). The van der Waals surface area contributed by atoms with Crippen LogP contribution in [-0.4, -0.2) is 43.2 Å². The van der Waals surface area contributed by atoms with Crippen LogP contribution in [0.3, 0.4) is 0 Å². The molecule has 0 radical (unpaired) electrons. The predicted molar refractivity (Wildman–Crippen MR) is 59.4 cm³/mol. The van der Waals surface area contributed by atoms with Gasteiger partial charge in [0, 0.05) is 25.6 Å². The molecule has 4 heteroatoms. The third-order valence-electron chi connectivity index (χ3n) is 2.72. The number of carbonyl (C=O) groups excluding carboxylic acids is 1. The molecule has 1 saturated heterocycles. The quantitative estimate of drug-likeness (QED) is 0.746. The fourth-order valence-electron chi connectivity index (χ4n) is 1.84. The third kappa shape index (κ3) is 3.80. The van der Waals surface area contributed by atoms with E-state index in [1.54, 1.807) is 0 Å². The highest BCUT2D eigenvalue weighted by Gasteiger charge is 2.24. The van der Waals surface area contributed by atoms with Gasteiger partial charge in [0.15, 0.2) is 0 Å². The van der Waals surface area contributed by atoms with E-state index >= 15 is 0 Å². The Morgan fingerprint density at radius 3 is 2.53 bits per heavy atom. The number of ether oxygens (including phenoxy) is 1. The van der Waals surface area contributed by atoms with Crippen LogP contribution in [0.15, 0.2) is 0 Å². The van der Waals surface area contributed by atoms with Crippen molar-refractivity contribution in [1.29, 1.82) is 0 Å². The number of likely N-dealkylation sites (tertiary alicyclic amines) is 1. The van der Waals surface area contributed by atoms with Crippen LogP contribution >= 0.6 is 0 Å². The maximum Gasteiger partial charge on any atom is 0.225 e. The van der Waals surface area contributed by atoms with E-state index < -0.39 is 0 Å². The molecule has 0 unspecified atom stereocenters. The van der Waals surface area contributed by atoms with E-state index in [-0.39, 0.29) is 11.8 Å². The molecule has 2 N–H and O–H groups in total. The second-order valence-corrected chi connectivity index (χ2v) is 4.34. The van der Waals surface area contributed by atoms with Gasteiger partial charge < -0.3 is 15.4 Å². The maximum atomic E-state index is 11.7. The van der Waals surface area contributed by atoms with Crippen LogP contribution in [0.4, 0.5) is 0 Å². The zero-order valence-corrected chi connectivity index (χ0v) is 9.74. The van der Waals surface area contributed by atoms with Crippen molar-refractivity contribution >= 4 is 5.91 Å². The smallest absolute Gasteiger partial charge is 0.225 e. The Kier molecular flexibility index (Phi) is 5.05. The summed E-state index contributed by atoms with van der Waals surface area (Å²) in [6, 6.07) is 0. The van der Waals surface area contributed by atoms with Crippen LogP contribution in [0.1, 0.15) is 26.7 Å². The second-order valence-electron chi connectivity index (χ2n) is 4.34. The Morgan fingerprint density at radius 1 is 1.47 bits per heavy atom. The van der Waals surface area contributed by atoms with Crippen molar-refractivity contribution in [2.45, 2.75) is 32.8 Å². The first-order valence-corrected chi connectivity index (χ1v) is 5.75. The lowest BCUT2D eigenvalue weighted by Gasteiger charge is -2.32. The van der Waals surface area contributed by atoms with E-state index in [0.29, 0.717) is 19.3 Å². The summed E-state index contributed by atoms with van der Waals surface area (Å²) in [5, 5.41) is 0. The molecule has 0 saturated carbocycles. The third-order valence-corrected chi connectivity index (χ3v) is 2.72. The van der Waals surface area contributed by atoms with E-state index in [1.807, 2.05) is 18.7 Å². The monoisotopic (exact) mass is 214 g/mol. The van der Waals surface area contributed by atoms with Crippen LogP contribution < -0.4 is 5.73 Å². The molecule has 0 aromatic carbocycles. The van der Waals surface area contributed by atoms with E-state index in [4.69, 9.17) is 10.5 Å². The van der Waals surface area contributed by atoms with Gasteiger partial charge in [0.2, 0.25) is 5.91 Å². The highest BCUT2D eigenvalue weighted by atomic mass is 16.5. The van der Waals surface area contributed by atoms with Crippen LogP contribution in [-0.2, 0) is 9.53 Å². The molecule has 1 amide bonds. The molecule has 1 heterocycles. The number of carbonyl (C=O) groups is 1. The van der Waals surface area contributed by atoms with Crippen molar-refractivity contribution < 1.29 is 9.53 Å². The summed E-state index contributed by atoms with van der Waals surface area (Å²) in [5.74, 6) is 0.360. The Bertz CT molecular complexity index is 199. The number of nitrogens with two attached hydrogens (primary N) is 1. The summed E-state index contributed by atoms with van der Waals surface area (Å²) in [7, 11) is 0. The van der Waals surface area contributed by atoms with Crippen LogP contribution in [0.2, 0.25) is 0 Å². The Labute approximate surface area is 91.8 Å². The molecule has 1 fully saturated rings. The first-order valence-electron chi connectivity index (χ1n) is 5.75. The standard InChI is InChI=1S/C11H22N2O2/c1-9(2)11(14)13-6-3-10(4-7-13)15-8-5-12/h9-10H,3-8,12H2,1-2H3. The van der Waals surface area contributed by atoms with E-state index in [1.165, 1.54) is 0 Å². The van der Waals surface area contributed by atoms with Crippen molar-refractivity contribution in [3.05, 3.63) is 0 Å². The van der Waals surface area contributed by atoms with E-state index in [9.17, 15) is 4.79 Å². The van der Waals surface area contributed by atoms with Gasteiger partial charge in [-0.3, -0.25) is 4.79 Å². The molecule has 15 heavy (non-hydrogen) atoms. The van der Waals surface area contributed by atoms with Gasteiger partial charge in [0.1, 0.15) is 0 Å². The van der Waals surface area contributed by atoms with Crippen LogP contribution in [0, 0.1) is 5.92 Å². The minimum Gasteiger partial charge on any atom is -0.377 e. The molecule has 0 spiro atoms. The van der Waals surface area contributed by atoms with Crippen molar-refractivity contribution in [2.24, 2.45) is 11.7 Å². The summed E-state index contributed by atoms with van der Waals surface area (Å²) in [5.41, 5.74) is 5.37. The average Bonchev–Trinajstić information content (AvgIpc) is 2.26. The van der Waals surface area contributed by atoms with Crippen molar-refractivity contribution in [3.63, 3.8) is 0 Å². The average molecular weight is 214 g/mol. The molecule has 88 valence electrons. The number of nitrogens with zero attached hydrogens (tertiary/aromatic N) is 1. The van der Waals surface area contributed by atoms with Gasteiger partial charge in [-0.15, -0.1) is 0 Å². The lowest BCUT2D eigenvalue weighted by Crippen LogP contribution is -2.42. The minimum atomic E-state index is 0.103. The number of amides is 1. The molecule has 1 aliphatic rings. The van der Waals surface area contributed by atoms with Gasteiger partial charge >= 0.3 is 0 Å². The first kappa shape index (κ1) is 12.5. The molecule has 0 aromatic rings.